The summed E-state index contributed by atoms with van der Waals surface area (Å²) in [4.78, 5) is 26.0. The van der Waals surface area contributed by atoms with Gasteiger partial charge < -0.3 is 0 Å². The lowest BCUT2D eigenvalue weighted by molar-refractivity contribution is 0.104. The normalized spacial score (nSPS) is 11.8. The first-order chi connectivity index (χ1) is 20.6. The van der Waals surface area contributed by atoms with E-state index in [0.717, 1.165) is 54.2 Å². The summed E-state index contributed by atoms with van der Waals surface area (Å²) in [6, 6.07) is 44.4. The van der Waals surface area contributed by atoms with E-state index in [1.165, 1.54) is 0 Å². The molecule has 0 heterocycles. The van der Waals surface area contributed by atoms with Crippen LogP contribution in [0.2, 0.25) is 0 Å². The van der Waals surface area contributed by atoms with E-state index >= 15 is 0 Å². The number of hydrogen-bond donors (Lipinski definition) is 0. The molecule has 0 aliphatic heterocycles. The molecule has 42 heavy (non-hydrogen) atoms. The van der Waals surface area contributed by atoms with Crippen molar-refractivity contribution < 1.29 is 9.59 Å². The molecule has 7 aromatic rings. The zero-order chi connectivity index (χ0) is 28.5. The first-order valence-corrected chi connectivity index (χ1v) is 14.0. The molecule has 0 atom stereocenters. The van der Waals surface area contributed by atoms with Gasteiger partial charge in [-0.1, -0.05) is 133 Å². The van der Waals surface area contributed by atoms with Crippen molar-refractivity contribution in [1.29, 1.82) is 0 Å². The van der Waals surface area contributed by atoms with Crippen molar-refractivity contribution in [2.75, 3.05) is 0 Å². The Labute approximate surface area is 243 Å². The number of ketones is 2. The average molecular weight is 539 g/mol. The molecule has 0 aromatic heterocycles. The highest BCUT2D eigenvalue weighted by Gasteiger charge is 2.08. The highest BCUT2D eigenvalue weighted by Crippen LogP contribution is 2.28. The molecule has 0 N–H and O–H groups in total. The van der Waals surface area contributed by atoms with Crippen molar-refractivity contribution in [2.45, 2.75) is 0 Å². The van der Waals surface area contributed by atoms with Crippen LogP contribution in [-0.2, 0) is 0 Å². The van der Waals surface area contributed by atoms with Crippen LogP contribution < -0.4 is 0 Å². The monoisotopic (exact) mass is 538 g/mol. The first-order valence-electron chi connectivity index (χ1n) is 14.0. The second kappa shape index (κ2) is 10.8. The van der Waals surface area contributed by atoms with E-state index in [4.69, 9.17) is 0 Å². The smallest absolute Gasteiger partial charge is 0.185 e. The van der Waals surface area contributed by atoms with Crippen molar-refractivity contribution in [3.8, 4) is 0 Å². The van der Waals surface area contributed by atoms with Crippen molar-refractivity contribution >= 4 is 66.8 Å². The molecule has 198 valence electrons. The Bertz CT molecular complexity index is 2060. The SMILES string of the molecule is O=C(/C=C/c1ccc(/C=C/C(=O)c2ccc3ccc4ccccc4c3c2)cc1)c1ccc2ccc3ccccc3c2c1. The average Bonchev–Trinajstić information content (AvgIpc) is 3.06. The molecule has 0 saturated carbocycles. The van der Waals surface area contributed by atoms with Gasteiger partial charge in [0.15, 0.2) is 11.6 Å². The first kappa shape index (κ1) is 25.4. The number of carbonyl (C=O) groups is 2. The van der Waals surface area contributed by atoms with Crippen molar-refractivity contribution in [1.82, 2.24) is 0 Å². The van der Waals surface area contributed by atoms with Gasteiger partial charge >= 0.3 is 0 Å². The van der Waals surface area contributed by atoms with Crippen molar-refractivity contribution in [2.24, 2.45) is 0 Å². The highest BCUT2D eigenvalue weighted by atomic mass is 16.1. The molecule has 0 aliphatic rings. The predicted octanol–water partition coefficient (Wildman–Crippen LogP) is 10.1. The Morgan fingerprint density at radius 3 is 1.17 bits per heavy atom. The molecular weight excluding hydrogens is 512 g/mol. The van der Waals surface area contributed by atoms with Crippen LogP contribution in [0.4, 0.5) is 0 Å². The van der Waals surface area contributed by atoms with Gasteiger partial charge in [-0.15, -0.1) is 0 Å². The Kier molecular flexibility index (Phi) is 6.50. The largest absolute Gasteiger partial charge is 0.289 e. The molecule has 7 rings (SSSR count). The van der Waals surface area contributed by atoms with Gasteiger partial charge in [-0.05, 0) is 78.5 Å². The van der Waals surface area contributed by atoms with Crippen LogP contribution in [0.1, 0.15) is 31.8 Å². The number of carbonyl (C=O) groups excluding carboxylic acids is 2. The highest BCUT2D eigenvalue weighted by molar-refractivity contribution is 6.14. The predicted molar refractivity (Wildman–Crippen MR) is 176 cm³/mol. The minimum absolute atomic E-state index is 0.0393. The summed E-state index contributed by atoms with van der Waals surface area (Å²) >= 11 is 0. The van der Waals surface area contributed by atoms with Crippen LogP contribution in [0.5, 0.6) is 0 Å². The summed E-state index contributed by atoms with van der Waals surface area (Å²) in [6.07, 6.45) is 6.88. The molecular formula is C40H26O2. The van der Waals surface area contributed by atoms with E-state index < -0.39 is 0 Å². The number of rotatable bonds is 6. The molecule has 0 spiro atoms. The van der Waals surface area contributed by atoms with Crippen LogP contribution in [0, 0.1) is 0 Å². The maximum absolute atomic E-state index is 13.0. The number of benzene rings is 7. The fourth-order valence-electron chi connectivity index (χ4n) is 5.57. The Balaban J connectivity index is 1.06. The molecule has 7 aromatic carbocycles. The third kappa shape index (κ3) is 4.91. The second-order valence-electron chi connectivity index (χ2n) is 10.5. The summed E-state index contributed by atoms with van der Waals surface area (Å²) < 4.78 is 0. The lowest BCUT2D eigenvalue weighted by Crippen LogP contribution is -1.94. The maximum atomic E-state index is 13.0. The Hall–Kier alpha value is -5.60. The molecule has 0 unspecified atom stereocenters. The van der Waals surface area contributed by atoms with Gasteiger partial charge in [0.25, 0.3) is 0 Å². The number of fused-ring (bicyclic) bond motifs is 6. The molecule has 0 bridgehead atoms. The molecule has 0 fully saturated rings. The summed E-state index contributed by atoms with van der Waals surface area (Å²) in [6.45, 7) is 0. The van der Waals surface area contributed by atoms with E-state index in [-0.39, 0.29) is 11.6 Å². The van der Waals surface area contributed by atoms with Gasteiger partial charge in [0.05, 0.1) is 0 Å². The summed E-state index contributed by atoms with van der Waals surface area (Å²) in [5.74, 6) is -0.0786. The molecule has 2 heteroatoms. The Morgan fingerprint density at radius 2 is 0.738 bits per heavy atom. The topological polar surface area (TPSA) is 34.1 Å². The molecule has 2 nitrogen and oxygen atoms in total. The van der Waals surface area contributed by atoms with Crippen LogP contribution in [-0.4, -0.2) is 11.6 Å². The fraction of sp³-hybridized carbons (Fsp3) is 0. The van der Waals surface area contributed by atoms with Gasteiger partial charge in [0.1, 0.15) is 0 Å². The Morgan fingerprint density at radius 1 is 0.381 bits per heavy atom. The van der Waals surface area contributed by atoms with Crippen LogP contribution in [0.25, 0.3) is 55.2 Å². The van der Waals surface area contributed by atoms with Gasteiger partial charge in [-0.2, -0.15) is 0 Å². The van der Waals surface area contributed by atoms with E-state index in [0.29, 0.717) is 11.1 Å². The van der Waals surface area contributed by atoms with E-state index in [1.54, 1.807) is 12.2 Å². The van der Waals surface area contributed by atoms with Gasteiger partial charge in [0.2, 0.25) is 0 Å². The van der Waals surface area contributed by atoms with E-state index in [2.05, 4.69) is 48.5 Å². The molecule has 0 amide bonds. The number of hydrogen-bond acceptors (Lipinski definition) is 2. The lowest BCUT2D eigenvalue weighted by Gasteiger charge is -2.05. The number of allylic oxidation sites excluding steroid dienone is 2. The van der Waals surface area contributed by atoms with Gasteiger partial charge in [-0.25, -0.2) is 0 Å². The minimum atomic E-state index is -0.0393. The zero-order valence-corrected chi connectivity index (χ0v) is 22.8. The van der Waals surface area contributed by atoms with Crippen molar-refractivity contribution in [3.63, 3.8) is 0 Å². The van der Waals surface area contributed by atoms with Crippen molar-refractivity contribution in [3.05, 3.63) is 168 Å². The third-order valence-corrected chi connectivity index (χ3v) is 7.85. The maximum Gasteiger partial charge on any atom is 0.185 e. The summed E-state index contributed by atoms with van der Waals surface area (Å²) in [5, 5.41) is 8.99. The van der Waals surface area contributed by atoms with Crippen LogP contribution in [0.3, 0.4) is 0 Å². The van der Waals surface area contributed by atoms with Crippen LogP contribution in [0.15, 0.2) is 146 Å². The standard InChI is InChI=1S/C40H26O2/c41-39(33-21-19-31-17-15-29-5-1-3-7-35(29)37(31)25-33)23-13-27-9-11-28(12-10-27)14-24-40(42)34-22-20-32-18-16-30-6-2-4-8-36(30)38(32)26-34/h1-26H/b23-13+,24-14+. The third-order valence-electron chi connectivity index (χ3n) is 7.85. The zero-order valence-electron chi connectivity index (χ0n) is 22.8. The van der Waals surface area contributed by atoms with Gasteiger partial charge in [0, 0.05) is 11.1 Å². The minimum Gasteiger partial charge on any atom is -0.289 e. The summed E-state index contributed by atoms with van der Waals surface area (Å²) in [7, 11) is 0. The van der Waals surface area contributed by atoms with E-state index in [1.807, 2.05) is 97.1 Å². The lowest BCUT2D eigenvalue weighted by atomic mass is 9.98. The van der Waals surface area contributed by atoms with Crippen LogP contribution >= 0.6 is 0 Å². The fourth-order valence-corrected chi connectivity index (χ4v) is 5.57. The van der Waals surface area contributed by atoms with E-state index in [9.17, 15) is 9.59 Å². The quantitative estimate of drug-likeness (QED) is 0.120. The molecule has 0 aliphatic carbocycles. The second-order valence-corrected chi connectivity index (χ2v) is 10.5. The molecule has 0 saturated heterocycles. The molecule has 0 radical (unpaired) electrons. The van der Waals surface area contributed by atoms with Gasteiger partial charge in [-0.3, -0.25) is 9.59 Å². The summed E-state index contributed by atoms with van der Waals surface area (Å²) in [5.41, 5.74) is 3.16.